The molecule has 2 amide bonds. The maximum Gasteiger partial charge on any atom is 0.417 e. The Morgan fingerprint density at radius 2 is 2.00 bits per heavy atom. The maximum absolute atomic E-state index is 11.9. The summed E-state index contributed by atoms with van der Waals surface area (Å²) in [4.78, 5) is 25.1. The third-order valence-electron chi connectivity index (χ3n) is 3.32. The first-order valence-corrected chi connectivity index (χ1v) is 7.63. The van der Waals surface area contributed by atoms with E-state index in [-0.39, 0.29) is 16.4 Å². The van der Waals surface area contributed by atoms with Crippen molar-refractivity contribution in [1.82, 2.24) is 4.90 Å². The molecule has 1 fully saturated rings. The molecule has 1 atom stereocenters. The minimum atomic E-state index is -0.658. The lowest BCUT2D eigenvalue weighted by Crippen LogP contribution is -2.46. The van der Waals surface area contributed by atoms with E-state index in [9.17, 15) is 9.59 Å². The van der Waals surface area contributed by atoms with Crippen molar-refractivity contribution in [3.63, 3.8) is 0 Å². The van der Waals surface area contributed by atoms with Crippen molar-refractivity contribution >= 4 is 34.6 Å². The number of carbonyl (C=O) groups excluding carboxylic acids is 2. The highest BCUT2D eigenvalue weighted by Crippen LogP contribution is 2.32. The molecule has 0 N–H and O–H groups in total. The molecule has 19 heavy (non-hydrogen) atoms. The molecule has 1 saturated heterocycles. The van der Waals surface area contributed by atoms with Gasteiger partial charge in [0.2, 0.25) is 5.91 Å². The topological polar surface area (TPSA) is 46.6 Å². The number of benzene rings is 1. The third kappa shape index (κ3) is 2.91. The van der Waals surface area contributed by atoms with Gasteiger partial charge in [-0.2, -0.15) is 0 Å². The van der Waals surface area contributed by atoms with Gasteiger partial charge < -0.3 is 4.74 Å². The van der Waals surface area contributed by atoms with E-state index in [1.165, 1.54) is 4.90 Å². The summed E-state index contributed by atoms with van der Waals surface area (Å²) in [6.45, 7) is 3.69. The first kappa shape index (κ1) is 14.3. The summed E-state index contributed by atoms with van der Waals surface area (Å²) in [7, 11) is 0. The van der Waals surface area contributed by atoms with Gasteiger partial charge in [0, 0.05) is 0 Å². The van der Waals surface area contributed by atoms with E-state index in [4.69, 9.17) is 4.74 Å². The minimum absolute atomic E-state index is 0.197. The van der Waals surface area contributed by atoms with E-state index in [2.05, 4.69) is 0 Å². The van der Waals surface area contributed by atoms with Crippen LogP contribution in [0.25, 0.3) is 0 Å². The minimum Gasteiger partial charge on any atom is -0.441 e. The average Bonchev–Trinajstić information content (AvgIpc) is 2.59. The fourth-order valence-corrected chi connectivity index (χ4v) is 2.66. The molecule has 0 saturated carbocycles. The lowest BCUT2D eigenvalue weighted by atomic mass is 9.92. The van der Waals surface area contributed by atoms with E-state index in [1.54, 1.807) is 0 Å². The summed E-state index contributed by atoms with van der Waals surface area (Å²) in [5.74, 6) is -0.197. The molecule has 0 aliphatic carbocycles. The number of amides is 2. The normalized spacial score (nSPS) is 21.3. The highest BCUT2D eigenvalue weighted by molar-refractivity contribution is 14.1. The molecule has 0 bridgehead atoms. The van der Waals surface area contributed by atoms with Crippen molar-refractivity contribution in [3.8, 4) is 0 Å². The standard InChI is InChI=1S/C14H16INO3/c1-14(2)11(8-10-6-4-3-5-7-10)16(12(17)9-15)13(18)19-14/h3-7,11H,8-9H2,1-2H3/t11-/m0/s1. The molecular formula is C14H16INO3. The number of halogens is 1. The lowest BCUT2D eigenvalue weighted by Gasteiger charge is -2.27. The number of imide groups is 1. The second-order valence-electron chi connectivity index (χ2n) is 5.07. The largest absolute Gasteiger partial charge is 0.441 e. The molecule has 0 aromatic heterocycles. The maximum atomic E-state index is 11.9. The van der Waals surface area contributed by atoms with Crippen LogP contribution >= 0.6 is 22.6 Å². The zero-order chi connectivity index (χ0) is 14.0. The van der Waals surface area contributed by atoms with Gasteiger partial charge in [0.15, 0.2) is 0 Å². The van der Waals surface area contributed by atoms with Crippen molar-refractivity contribution < 1.29 is 14.3 Å². The second-order valence-corrected chi connectivity index (χ2v) is 5.84. The number of nitrogens with zero attached hydrogens (tertiary/aromatic N) is 1. The summed E-state index contributed by atoms with van der Waals surface area (Å²) < 4.78 is 5.60. The van der Waals surface area contributed by atoms with Gasteiger partial charge in [-0.15, -0.1) is 0 Å². The number of cyclic esters (lactones) is 1. The van der Waals surface area contributed by atoms with Crippen molar-refractivity contribution in [2.24, 2.45) is 0 Å². The first-order chi connectivity index (χ1) is 8.95. The molecule has 2 rings (SSSR count). The van der Waals surface area contributed by atoms with Gasteiger partial charge in [-0.1, -0.05) is 52.9 Å². The highest BCUT2D eigenvalue weighted by atomic mass is 127. The molecule has 5 heteroatoms. The molecule has 0 unspecified atom stereocenters. The summed E-state index contributed by atoms with van der Waals surface area (Å²) >= 11 is 1.97. The molecule has 1 aromatic rings. The molecule has 1 aromatic carbocycles. The van der Waals surface area contributed by atoms with Gasteiger partial charge in [-0.25, -0.2) is 9.69 Å². The fraction of sp³-hybridized carbons (Fsp3) is 0.429. The van der Waals surface area contributed by atoms with Crippen molar-refractivity contribution in [2.75, 3.05) is 4.43 Å². The van der Waals surface area contributed by atoms with Crippen molar-refractivity contribution in [1.29, 1.82) is 0 Å². The van der Waals surface area contributed by atoms with Crippen LogP contribution in [0.1, 0.15) is 19.4 Å². The van der Waals surface area contributed by atoms with Gasteiger partial charge in [0.1, 0.15) is 5.60 Å². The smallest absolute Gasteiger partial charge is 0.417 e. The quantitative estimate of drug-likeness (QED) is 0.605. The van der Waals surface area contributed by atoms with Crippen LogP contribution in [0.15, 0.2) is 30.3 Å². The molecule has 4 nitrogen and oxygen atoms in total. The van der Waals surface area contributed by atoms with Gasteiger partial charge >= 0.3 is 6.09 Å². The van der Waals surface area contributed by atoms with Gasteiger partial charge in [-0.3, -0.25) is 4.79 Å². The van der Waals surface area contributed by atoms with E-state index < -0.39 is 11.7 Å². The van der Waals surface area contributed by atoms with Crippen LogP contribution in [-0.2, 0) is 16.0 Å². The molecule has 0 spiro atoms. The number of rotatable bonds is 3. The van der Waals surface area contributed by atoms with E-state index >= 15 is 0 Å². The number of ether oxygens (including phenoxy) is 1. The summed E-state index contributed by atoms with van der Waals surface area (Å²) in [6.07, 6.45) is 0.0784. The Morgan fingerprint density at radius 3 is 2.58 bits per heavy atom. The first-order valence-electron chi connectivity index (χ1n) is 6.10. The molecule has 0 radical (unpaired) electrons. The third-order valence-corrected chi connectivity index (χ3v) is 3.97. The molecule has 102 valence electrons. The Kier molecular flexibility index (Phi) is 4.13. The van der Waals surface area contributed by atoms with E-state index in [0.29, 0.717) is 6.42 Å². The Morgan fingerprint density at radius 1 is 1.37 bits per heavy atom. The lowest BCUT2D eigenvalue weighted by molar-refractivity contribution is -0.126. The fourth-order valence-electron chi connectivity index (χ4n) is 2.29. The second kappa shape index (κ2) is 5.48. The molecule has 1 heterocycles. The number of hydrogen-bond donors (Lipinski definition) is 0. The Labute approximate surface area is 126 Å². The van der Waals surface area contributed by atoms with Gasteiger partial charge in [0.05, 0.1) is 10.5 Å². The van der Waals surface area contributed by atoms with Crippen LogP contribution in [0.4, 0.5) is 4.79 Å². The molecule has 1 aliphatic rings. The zero-order valence-corrected chi connectivity index (χ0v) is 13.1. The summed E-state index contributed by atoms with van der Waals surface area (Å²) in [6, 6.07) is 9.56. The predicted molar refractivity (Wildman–Crippen MR) is 80.2 cm³/mol. The Bertz CT molecular complexity index is 487. The zero-order valence-electron chi connectivity index (χ0n) is 10.9. The van der Waals surface area contributed by atoms with Crippen LogP contribution in [-0.4, -0.2) is 33.0 Å². The Balaban J connectivity index is 2.28. The number of hydrogen-bond acceptors (Lipinski definition) is 3. The van der Waals surface area contributed by atoms with Crippen LogP contribution in [0.3, 0.4) is 0 Å². The molecule has 1 aliphatic heterocycles. The predicted octanol–water partition coefficient (Wildman–Crippen LogP) is 2.79. The SMILES string of the molecule is CC1(C)OC(=O)N(C(=O)CI)[C@H]1Cc1ccccc1. The van der Waals surface area contributed by atoms with Crippen LogP contribution in [0.2, 0.25) is 0 Å². The molecular weight excluding hydrogens is 357 g/mol. The van der Waals surface area contributed by atoms with Crippen LogP contribution in [0.5, 0.6) is 0 Å². The Hall–Kier alpha value is -1.11. The van der Waals surface area contributed by atoms with Crippen LogP contribution in [0, 0.1) is 0 Å². The van der Waals surface area contributed by atoms with Gasteiger partial charge in [-0.05, 0) is 25.8 Å². The monoisotopic (exact) mass is 373 g/mol. The van der Waals surface area contributed by atoms with E-state index in [0.717, 1.165) is 5.56 Å². The number of alkyl halides is 1. The van der Waals surface area contributed by atoms with E-state index in [1.807, 2.05) is 66.8 Å². The van der Waals surface area contributed by atoms with Crippen LogP contribution < -0.4 is 0 Å². The van der Waals surface area contributed by atoms with Gasteiger partial charge in [0.25, 0.3) is 0 Å². The van der Waals surface area contributed by atoms with Crippen molar-refractivity contribution in [2.45, 2.75) is 31.9 Å². The van der Waals surface area contributed by atoms with Crippen molar-refractivity contribution in [3.05, 3.63) is 35.9 Å². The highest BCUT2D eigenvalue weighted by Gasteiger charge is 2.49. The summed E-state index contributed by atoms with van der Waals surface area (Å²) in [5.41, 5.74) is 0.430. The summed E-state index contributed by atoms with van der Waals surface area (Å²) in [5, 5.41) is 0. The number of carbonyl (C=O) groups is 2. The average molecular weight is 373 g/mol.